The number of hydrogen-bond donors (Lipinski definition) is 1. The Labute approximate surface area is 127 Å². The highest BCUT2D eigenvalue weighted by Crippen LogP contribution is 2.36. The SMILES string of the molecule is CNN1Cc2ncn(C3CCCCCC3)c2N=C1C(F)(F)F. The van der Waals surface area contributed by atoms with Crippen molar-refractivity contribution in [3.05, 3.63) is 12.0 Å². The molecule has 1 aliphatic carbocycles. The minimum absolute atomic E-state index is 0.0733. The van der Waals surface area contributed by atoms with Gasteiger partial charge in [-0.1, -0.05) is 25.7 Å². The highest BCUT2D eigenvalue weighted by atomic mass is 19.4. The molecule has 22 heavy (non-hydrogen) atoms. The molecule has 2 heterocycles. The van der Waals surface area contributed by atoms with Crippen LogP contribution in [0, 0.1) is 0 Å². The second kappa shape index (κ2) is 5.91. The van der Waals surface area contributed by atoms with Crippen LogP contribution in [0.15, 0.2) is 11.3 Å². The number of nitrogens with one attached hydrogen (secondary N) is 1. The van der Waals surface area contributed by atoms with Gasteiger partial charge in [-0.15, -0.1) is 0 Å². The minimum Gasteiger partial charge on any atom is -0.312 e. The number of nitrogens with zero attached hydrogens (tertiary/aromatic N) is 4. The molecule has 0 aromatic carbocycles. The monoisotopic (exact) mass is 315 g/mol. The average molecular weight is 315 g/mol. The van der Waals surface area contributed by atoms with Crippen molar-refractivity contribution in [3.63, 3.8) is 0 Å². The quantitative estimate of drug-likeness (QED) is 0.852. The van der Waals surface area contributed by atoms with Gasteiger partial charge in [0.1, 0.15) is 5.69 Å². The fourth-order valence-corrected chi connectivity index (χ4v) is 3.22. The number of hydrogen-bond acceptors (Lipinski definition) is 4. The summed E-state index contributed by atoms with van der Waals surface area (Å²) in [5.74, 6) is -0.538. The van der Waals surface area contributed by atoms with E-state index in [2.05, 4.69) is 15.4 Å². The Morgan fingerprint density at radius 3 is 2.45 bits per heavy atom. The van der Waals surface area contributed by atoms with Crippen LogP contribution in [0.25, 0.3) is 0 Å². The average Bonchev–Trinajstić information content (AvgIpc) is 2.69. The van der Waals surface area contributed by atoms with Crippen molar-refractivity contribution in [2.24, 2.45) is 4.99 Å². The Kier molecular flexibility index (Phi) is 4.12. The molecule has 1 aromatic heterocycles. The maximum absolute atomic E-state index is 13.2. The van der Waals surface area contributed by atoms with Gasteiger partial charge in [0.2, 0.25) is 5.84 Å². The first-order valence-corrected chi connectivity index (χ1v) is 7.67. The zero-order valence-electron chi connectivity index (χ0n) is 12.5. The Balaban J connectivity index is 1.97. The van der Waals surface area contributed by atoms with Crippen LogP contribution in [-0.4, -0.2) is 33.6 Å². The van der Waals surface area contributed by atoms with Crippen molar-refractivity contribution in [3.8, 4) is 0 Å². The van der Waals surface area contributed by atoms with Crippen LogP contribution in [0.4, 0.5) is 19.0 Å². The third-order valence-electron chi connectivity index (χ3n) is 4.36. The van der Waals surface area contributed by atoms with Crippen LogP contribution in [0.3, 0.4) is 0 Å². The van der Waals surface area contributed by atoms with Crippen molar-refractivity contribution in [1.29, 1.82) is 0 Å². The number of aromatic nitrogens is 2. The van der Waals surface area contributed by atoms with Gasteiger partial charge in [-0.05, 0) is 12.8 Å². The summed E-state index contributed by atoms with van der Waals surface area (Å²) in [5.41, 5.74) is 3.12. The summed E-state index contributed by atoms with van der Waals surface area (Å²) in [6.07, 6.45) is 3.73. The van der Waals surface area contributed by atoms with E-state index >= 15 is 0 Å². The van der Waals surface area contributed by atoms with Crippen LogP contribution in [-0.2, 0) is 6.54 Å². The molecule has 3 rings (SSSR count). The minimum atomic E-state index is -4.49. The van der Waals surface area contributed by atoms with E-state index in [0.717, 1.165) is 30.7 Å². The van der Waals surface area contributed by atoms with Gasteiger partial charge >= 0.3 is 6.18 Å². The number of imidazole rings is 1. The third-order valence-corrected chi connectivity index (χ3v) is 4.36. The van der Waals surface area contributed by atoms with Crippen molar-refractivity contribution in [2.45, 2.75) is 57.3 Å². The van der Waals surface area contributed by atoms with E-state index in [-0.39, 0.29) is 12.6 Å². The maximum Gasteiger partial charge on any atom is 0.450 e. The molecule has 5 nitrogen and oxygen atoms in total. The highest BCUT2D eigenvalue weighted by Gasteiger charge is 2.43. The number of halogens is 3. The molecule has 0 atom stereocenters. The lowest BCUT2D eigenvalue weighted by Gasteiger charge is -2.29. The molecule has 1 aromatic rings. The molecule has 122 valence electrons. The molecule has 0 bridgehead atoms. The molecular weight excluding hydrogens is 295 g/mol. The fraction of sp³-hybridized carbons (Fsp3) is 0.714. The molecule has 0 unspecified atom stereocenters. The summed E-state index contributed by atoms with van der Waals surface area (Å²) < 4.78 is 41.4. The number of fused-ring (bicyclic) bond motifs is 1. The molecule has 0 radical (unpaired) electrons. The van der Waals surface area contributed by atoms with Gasteiger partial charge in [0.15, 0.2) is 5.82 Å². The van der Waals surface area contributed by atoms with Crippen molar-refractivity contribution in [1.82, 2.24) is 20.0 Å². The van der Waals surface area contributed by atoms with Gasteiger partial charge in [-0.2, -0.15) is 13.2 Å². The maximum atomic E-state index is 13.2. The summed E-state index contributed by atoms with van der Waals surface area (Å²) in [5, 5.41) is 0.993. The first-order chi connectivity index (χ1) is 10.5. The van der Waals surface area contributed by atoms with E-state index in [9.17, 15) is 13.2 Å². The van der Waals surface area contributed by atoms with Crippen LogP contribution in [0.1, 0.15) is 50.3 Å². The van der Waals surface area contributed by atoms with E-state index in [4.69, 9.17) is 0 Å². The van der Waals surface area contributed by atoms with Crippen molar-refractivity contribution >= 4 is 11.7 Å². The lowest BCUT2D eigenvalue weighted by atomic mass is 10.1. The Hall–Kier alpha value is -1.57. The Bertz CT molecular complexity index is 555. The molecule has 1 aliphatic heterocycles. The van der Waals surface area contributed by atoms with E-state index in [1.165, 1.54) is 19.9 Å². The molecule has 0 spiro atoms. The standard InChI is InChI=1S/C14H20F3N5/c1-18-22-8-11-12(20-13(22)14(15,16)17)21(9-19-11)10-6-4-2-3-5-7-10/h9-10,18H,2-8H2,1H3. The largest absolute Gasteiger partial charge is 0.450 e. The van der Waals surface area contributed by atoms with Crippen LogP contribution < -0.4 is 5.43 Å². The third kappa shape index (κ3) is 2.84. The summed E-state index contributed by atoms with van der Waals surface area (Å²) in [6.45, 7) is 0.0733. The first-order valence-electron chi connectivity index (χ1n) is 7.67. The van der Waals surface area contributed by atoms with Gasteiger partial charge in [-0.25, -0.2) is 15.4 Å². The highest BCUT2D eigenvalue weighted by molar-refractivity contribution is 5.90. The molecule has 2 aliphatic rings. The van der Waals surface area contributed by atoms with E-state index in [0.29, 0.717) is 11.5 Å². The van der Waals surface area contributed by atoms with Gasteiger partial charge < -0.3 is 4.57 Å². The number of alkyl halides is 3. The van der Waals surface area contributed by atoms with Gasteiger partial charge in [0.05, 0.1) is 12.9 Å². The molecule has 1 N–H and O–H groups in total. The zero-order chi connectivity index (χ0) is 15.7. The van der Waals surface area contributed by atoms with Gasteiger partial charge in [0.25, 0.3) is 0 Å². The molecule has 8 heteroatoms. The fourth-order valence-electron chi connectivity index (χ4n) is 3.22. The Morgan fingerprint density at radius 2 is 1.86 bits per heavy atom. The van der Waals surface area contributed by atoms with Gasteiger partial charge in [0, 0.05) is 13.1 Å². The Morgan fingerprint density at radius 1 is 1.18 bits per heavy atom. The van der Waals surface area contributed by atoms with Crippen LogP contribution in [0.2, 0.25) is 0 Å². The second-order valence-corrected chi connectivity index (χ2v) is 5.81. The van der Waals surface area contributed by atoms with Crippen LogP contribution >= 0.6 is 0 Å². The molecule has 0 saturated heterocycles. The number of rotatable bonds is 2. The summed E-state index contributed by atoms with van der Waals surface area (Å²) in [4.78, 5) is 8.17. The smallest absolute Gasteiger partial charge is 0.312 e. The normalized spacial score (nSPS) is 20.5. The first kappa shape index (κ1) is 15.3. The number of amidine groups is 1. The molecular formula is C14H20F3N5. The van der Waals surface area contributed by atoms with Crippen molar-refractivity contribution in [2.75, 3.05) is 7.05 Å². The van der Waals surface area contributed by atoms with E-state index in [1.54, 1.807) is 6.33 Å². The summed E-state index contributed by atoms with van der Waals surface area (Å²) in [7, 11) is 1.45. The van der Waals surface area contributed by atoms with Crippen molar-refractivity contribution < 1.29 is 13.2 Å². The lowest BCUT2D eigenvalue weighted by molar-refractivity contribution is -0.0719. The summed E-state index contributed by atoms with van der Waals surface area (Å²) in [6, 6.07) is 0.207. The number of aliphatic imine (C=N–C) groups is 1. The predicted molar refractivity (Wildman–Crippen MR) is 76.7 cm³/mol. The number of hydrazine groups is 1. The second-order valence-electron chi connectivity index (χ2n) is 5.81. The summed E-state index contributed by atoms with van der Waals surface area (Å²) >= 11 is 0. The van der Waals surface area contributed by atoms with E-state index < -0.39 is 12.0 Å². The molecule has 1 fully saturated rings. The topological polar surface area (TPSA) is 45.5 Å². The molecule has 0 amide bonds. The lowest BCUT2D eigenvalue weighted by Crippen LogP contribution is -2.48. The predicted octanol–water partition coefficient (Wildman–Crippen LogP) is 3.32. The van der Waals surface area contributed by atoms with E-state index in [1.807, 2.05) is 4.57 Å². The molecule has 1 saturated carbocycles. The van der Waals surface area contributed by atoms with Crippen LogP contribution in [0.5, 0.6) is 0 Å². The van der Waals surface area contributed by atoms with Gasteiger partial charge in [-0.3, -0.25) is 5.01 Å². The zero-order valence-corrected chi connectivity index (χ0v) is 12.5.